The number of aromatic nitrogens is 1. The number of hydrogen-bond donors (Lipinski definition) is 0. The van der Waals surface area contributed by atoms with Crippen LogP contribution in [0.5, 0.6) is 0 Å². The highest BCUT2D eigenvalue weighted by Crippen LogP contribution is 2.44. The lowest BCUT2D eigenvalue weighted by molar-refractivity contribution is -0.0291. The fourth-order valence-corrected chi connectivity index (χ4v) is 5.09. The molecule has 1 aliphatic heterocycles. The number of likely N-dealkylation sites (tertiary alicyclic amines) is 1. The van der Waals surface area contributed by atoms with Crippen LogP contribution < -0.4 is 0 Å². The molecule has 0 saturated carbocycles. The first-order valence-corrected chi connectivity index (χ1v) is 11.1. The Bertz CT molecular complexity index is 710. The van der Waals surface area contributed by atoms with Crippen LogP contribution in [-0.2, 0) is 16.7 Å². The summed E-state index contributed by atoms with van der Waals surface area (Å²) in [5.74, 6) is 0. The highest BCUT2D eigenvalue weighted by atomic mass is 32.1. The van der Waals surface area contributed by atoms with Gasteiger partial charge in [0.05, 0.1) is 6.10 Å². The first-order chi connectivity index (χ1) is 12.9. The van der Waals surface area contributed by atoms with Crippen molar-refractivity contribution in [3.63, 3.8) is 0 Å². The molecule has 3 nitrogen and oxygen atoms in total. The van der Waals surface area contributed by atoms with Gasteiger partial charge < -0.3 is 4.74 Å². The summed E-state index contributed by atoms with van der Waals surface area (Å²) >= 11 is 1.87. The third-order valence-electron chi connectivity index (χ3n) is 6.52. The lowest BCUT2D eigenvalue weighted by Crippen LogP contribution is -2.44. The van der Waals surface area contributed by atoms with Crippen molar-refractivity contribution in [2.75, 3.05) is 19.7 Å². The Kier molecular flexibility index (Phi) is 6.39. The lowest BCUT2D eigenvalue weighted by Gasteiger charge is -2.40. The summed E-state index contributed by atoms with van der Waals surface area (Å²) in [4.78, 5) is 8.66. The largest absolute Gasteiger partial charge is 0.378 e. The summed E-state index contributed by atoms with van der Waals surface area (Å²) in [6.07, 6.45) is 5.86. The Hall–Kier alpha value is -1.23. The fraction of sp³-hybridized carbons (Fsp3) is 0.609. The zero-order valence-corrected chi connectivity index (χ0v) is 18.3. The predicted molar refractivity (Wildman–Crippen MR) is 114 cm³/mol. The van der Waals surface area contributed by atoms with Gasteiger partial charge >= 0.3 is 0 Å². The van der Waals surface area contributed by atoms with Crippen LogP contribution in [0.4, 0.5) is 0 Å². The highest BCUT2D eigenvalue weighted by Gasteiger charge is 2.46. The number of ether oxygens (including phenoxy) is 1. The van der Waals surface area contributed by atoms with E-state index in [1.165, 1.54) is 23.3 Å². The molecule has 0 aromatic carbocycles. The van der Waals surface area contributed by atoms with E-state index in [-0.39, 0.29) is 17.1 Å². The molecule has 27 heavy (non-hydrogen) atoms. The summed E-state index contributed by atoms with van der Waals surface area (Å²) < 4.78 is 6.15. The number of nitrogens with zero attached hydrogens (tertiary/aromatic N) is 2. The molecule has 3 heterocycles. The molecule has 1 aliphatic rings. The van der Waals surface area contributed by atoms with Crippen LogP contribution in [0, 0.1) is 12.3 Å². The minimum Gasteiger partial charge on any atom is -0.378 e. The normalized spacial score (nSPS) is 22.3. The third kappa shape index (κ3) is 4.44. The SMILES string of the molecule is CCOC(C)C1(CCc2cccs2)CCN(C(C)(C)c2ccc(C)nc2)C1. The highest BCUT2D eigenvalue weighted by molar-refractivity contribution is 7.09. The molecule has 4 heteroatoms. The van der Waals surface area contributed by atoms with E-state index >= 15 is 0 Å². The van der Waals surface area contributed by atoms with Crippen LogP contribution in [-0.4, -0.2) is 35.7 Å². The van der Waals surface area contributed by atoms with Crippen LogP contribution in [0.3, 0.4) is 0 Å². The Morgan fingerprint density at radius 3 is 2.78 bits per heavy atom. The van der Waals surface area contributed by atoms with Crippen molar-refractivity contribution in [1.82, 2.24) is 9.88 Å². The van der Waals surface area contributed by atoms with Gasteiger partial charge in [-0.15, -0.1) is 11.3 Å². The van der Waals surface area contributed by atoms with Gasteiger partial charge in [0.1, 0.15) is 0 Å². The summed E-state index contributed by atoms with van der Waals surface area (Å²) in [5.41, 5.74) is 2.57. The van der Waals surface area contributed by atoms with Gasteiger partial charge in [0.2, 0.25) is 0 Å². The monoisotopic (exact) mass is 386 g/mol. The van der Waals surface area contributed by atoms with E-state index in [9.17, 15) is 0 Å². The maximum atomic E-state index is 6.15. The Balaban J connectivity index is 1.78. The van der Waals surface area contributed by atoms with Gasteiger partial charge in [-0.25, -0.2) is 0 Å². The van der Waals surface area contributed by atoms with E-state index in [2.05, 4.69) is 67.2 Å². The molecule has 0 radical (unpaired) electrons. The first-order valence-electron chi connectivity index (χ1n) is 10.2. The third-order valence-corrected chi connectivity index (χ3v) is 7.46. The van der Waals surface area contributed by atoms with Crippen molar-refractivity contribution >= 4 is 11.3 Å². The lowest BCUT2D eigenvalue weighted by atomic mass is 9.77. The summed E-state index contributed by atoms with van der Waals surface area (Å²) in [6.45, 7) is 14.1. The van der Waals surface area contributed by atoms with Crippen molar-refractivity contribution in [3.8, 4) is 0 Å². The number of thiophene rings is 1. The van der Waals surface area contributed by atoms with Crippen molar-refractivity contribution in [1.29, 1.82) is 0 Å². The quantitative estimate of drug-likeness (QED) is 0.604. The molecule has 2 unspecified atom stereocenters. The zero-order valence-electron chi connectivity index (χ0n) is 17.5. The van der Waals surface area contributed by atoms with Crippen molar-refractivity contribution in [2.45, 2.75) is 65.5 Å². The second-order valence-electron chi connectivity index (χ2n) is 8.46. The van der Waals surface area contributed by atoms with Crippen LogP contribution in [0.2, 0.25) is 0 Å². The molecule has 2 atom stereocenters. The molecule has 0 amide bonds. The number of pyridine rings is 1. The van der Waals surface area contributed by atoms with E-state index < -0.39 is 0 Å². The molecule has 0 N–H and O–H groups in total. The maximum absolute atomic E-state index is 6.15. The predicted octanol–water partition coefficient (Wildman–Crippen LogP) is 5.44. The van der Waals surface area contributed by atoms with Gasteiger partial charge in [0, 0.05) is 40.9 Å². The second-order valence-corrected chi connectivity index (χ2v) is 9.49. The second kappa shape index (κ2) is 8.42. The molecule has 3 rings (SSSR count). The minimum absolute atomic E-state index is 0.0166. The van der Waals surface area contributed by atoms with Crippen LogP contribution in [0.1, 0.15) is 56.7 Å². The zero-order chi connectivity index (χ0) is 19.5. The summed E-state index contributed by atoms with van der Waals surface area (Å²) in [7, 11) is 0. The van der Waals surface area contributed by atoms with Gasteiger partial charge in [-0.3, -0.25) is 9.88 Å². The minimum atomic E-state index is -0.0166. The molecule has 0 aliphatic carbocycles. The molecular weight excluding hydrogens is 352 g/mol. The fourth-order valence-electron chi connectivity index (χ4n) is 4.38. The number of aryl methyl sites for hydroxylation is 2. The number of rotatable bonds is 8. The molecule has 0 bridgehead atoms. The van der Waals surface area contributed by atoms with Crippen molar-refractivity contribution in [2.24, 2.45) is 5.41 Å². The molecule has 2 aromatic rings. The Morgan fingerprint density at radius 1 is 1.33 bits per heavy atom. The Labute approximate surface area is 168 Å². The first kappa shape index (κ1) is 20.5. The average Bonchev–Trinajstić information content (AvgIpc) is 3.31. The molecular formula is C23H34N2OS. The van der Waals surface area contributed by atoms with E-state index in [0.717, 1.165) is 31.8 Å². The molecule has 0 spiro atoms. The maximum Gasteiger partial charge on any atom is 0.0615 e. The standard InChI is InChI=1S/C23H34N2OS/c1-6-26-19(3)23(12-11-21-8-7-15-27-21)13-14-25(17-23)22(4,5)20-10-9-18(2)24-16-20/h7-10,15-16,19H,6,11-14,17H2,1-5H3. The van der Waals surface area contributed by atoms with Crippen molar-refractivity contribution in [3.05, 3.63) is 52.0 Å². The van der Waals surface area contributed by atoms with Gasteiger partial charge in [-0.2, -0.15) is 0 Å². The Morgan fingerprint density at radius 2 is 2.15 bits per heavy atom. The summed E-state index contributed by atoms with van der Waals surface area (Å²) in [6, 6.07) is 8.78. The van der Waals surface area contributed by atoms with Gasteiger partial charge in [-0.05, 0) is 83.5 Å². The summed E-state index contributed by atoms with van der Waals surface area (Å²) in [5, 5.41) is 2.18. The topological polar surface area (TPSA) is 25.4 Å². The van der Waals surface area contributed by atoms with Gasteiger partial charge in [0.15, 0.2) is 0 Å². The van der Waals surface area contributed by atoms with E-state index in [1.54, 1.807) is 0 Å². The van der Waals surface area contributed by atoms with Crippen LogP contribution in [0.15, 0.2) is 35.8 Å². The van der Waals surface area contributed by atoms with Crippen LogP contribution >= 0.6 is 11.3 Å². The molecule has 148 valence electrons. The average molecular weight is 387 g/mol. The van der Waals surface area contributed by atoms with E-state index in [1.807, 2.05) is 24.5 Å². The molecule has 2 aromatic heterocycles. The van der Waals surface area contributed by atoms with Gasteiger partial charge in [-0.1, -0.05) is 12.1 Å². The van der Waals surface area contributed by atoms with E-state index in [0.29, 0.717) is 0 Å². The van der Waals surface area contributed by atoms with E-state index in [4.69, 9.17) is 4.74 Å². The van der Waals surface area contributed by atoms with Gasteiger partial charge in [0.25, 0.3) is 0 Å². The van der Waals surface area contributed by atoms with Crippen LogP contribution in [0.25, 0.3) is 0 Å². The number of hydrogen-bond acceptors (Lipinski definition) is 4. The smallest absolute Gasteiger partial charge is 0.0615 e. The molecule has 1 fully saturated rings. The molecule has 1 saturated heterocycles. The van der Waals surface area contributed by atoms with Crippen molar-refractivity contribution < 1.29 is 4.74 Å².